The first-order valence-corrected chi connectivity index (χ1v) is 8.04. The van der Waals surface area contributed by atoms with Gasteiger partial charge in [0.05, 0.1) is 19.1 Å². The highest BCUT2D eigenvalue weighted by molar-refractivity contribution is 5.32. The van der Waals surface area contributed by atoms with Crippen LogP contribution in [0.3, 0.4) is 0 Å². The lowest BCUT2D eigenvalue weighted by Crippen LogP contribution is -2.41. The maximum atomic E-state index is 5.32. The van der Waals surface area contributed by atoms with Crippen molar-refractivity contribution < 1.29 is 4.74 Å². The Labute approximate surface area is 132 Å². The largest absolute Gasteiger partial charge is 0.497 e. The number of hydrogen-bond donors (Lipinski definition) is 0. The summed E-state index contributed by atoms with van der Waals surface area (Å²) < 4.78 is 7.54. The van der Waals surface area contributed by atoms with Crippen molar-refractivity contribution in [3.05, 3.63) is 48.0 Å². The van der Waals surface area contributed by atoms with Crippen LogP contribution in [0.1, 0.15) is 36.9 Å². The number of hydrogen-bond acceptors (Lipinski definition) is 3. The van der Waals surface area contributed by atoms with E-state index in [0.29, 0.717) is 12.0 Å². The van der Waals surface area contributed by atoms with E-state index in [4.69, 9.17) is 4.74 Å². The number of benzene rings is 1. The van der Waals surface area contributed by atoms with E-state index < -0.39 is 0 Å². The minimum absolute atomic E-state index is 0.663. The third-order valence-electron chi connectivity index (χ3n) is 4.85. The van der Waals surface area contributed by atoms with Gasteiger partial charge in [-0.15, -0.1) is 0 Å². The minimum atomic E-state index is 0.663. The van der Waals surface area contributed by atoms with Gasteiger partial charge in [0.25, 0.3) is 0 Å². The third kappa shape index (κ3) is 3.02. The molecule has 22 heavy (non-hydrogen) atoms. The first kappa shape index (κ1) is 15.1. The molecule has 3 rings (SSSR count). The van der Waals surface area contributed by atoms with Crippen molar-refractivity contribution in [3.63, 3.8) is 0 Å². The van der Waals surface area contributed by atoms with Gasteiger partial charge >= 0.3 is 0 Å². The third-order valence-corrected chi connectivity index (χ3v) is 4.85. The highest BCUT2D eigenvalue weighted by Crippen LogP contribution is 2.40. The van der Waals surface area contributed by atoms with Crippen molar-refractivity contribution in [1.29, 1.82) is 0 Å². The van der Waals surface area contributed by atoms with Crippen molar-refractivity contribution in [1.82, 2.24) is 14.5 Å². The average molecular weight is 299 g/mol. The van der Waals surface area contributed by atoms with Crippen molar-refractivity contribution in [2.45, 2.75) is 44.8 Å². The second-order valence-electron chi connectivity index (χ2n) is 6.18. The van der Waals surface area contributed by atoms with Gasteiger partial charge in [-0.1, -0.05) is 12.1 Å². The summed E-state index contributed by atoms with van der Waals surface area (Å²) in [7, 11) is 3.95. The van der Waals surface area contributed by atoms with Crippen molar-refractivity contribution in [2.75, 3.05) is 14.2 Å². The number of aromatic nitrogens is 2. The summed E-state index contributed by atoms with van der Waals surface area (Å²) >= 11 is 0. The monoisotopic (exact) mass is 299 g/mol. The van der Waals surface area contributed by atoms with Crippen LogP contribution in [0.25, 0.3) is 0 Å². The molecule has 0 radical (unpaired) electrons. The van der Waals surface area contributed by atoms with Gasteiger partial charge in [0.2, 0.25) is 0 Å². The molecule has 4 nitrogen and oxygen atoms in total. The van der Waals surface area contributed by atoms with Gasteiger partial charge in [-0.25, -0.2) is 4.98 Å². The SMILES string of the molecule is CCn1cncc1CN(C)C1CC(c2cccc(OC)c2)C1. The fraction of sp³-hybridized carbons (Fsp3) is 0.500. The average Bonchev–Trinajstić information content (AvgIpc) is 2.93. The summed E-state index contributed by atoms with van der Waals surface area (Å²) in [6.45, 7) is 4.12. The van der Waals surface area contributed by atoms with E-state index in [-0.39, 0.29) is 0 Å². The number of rotatable bonds is 6. The van der Waals surface area contributed by atoms with E-state index in [0.717, 1.165) is 18.8 Å². The Morgan fingerprint density at radius 2 is 2.18 bits per heavy atom. The van der Waals surface area contributed by atoms with Gasteiger partial charge in [-0.3, -0.25) is 4.90 Å². The molecular weight excluding hydrogens is 274 g/mol. The topological polar surface area (TPSA) is 30.3 Å². The normalized spacial score (nSPS) is 20.9. The summed E-state index contributed by atoms with van der Waals surface area (Å²) in [6, 6.07) is 9.15. The molecule has 1 aliphatic rings. The van der Waals surface area contributed by atoms with Gasteiger partial charge in [0, 0.05) is 25.3 Å². The van der Waals surface area contributed by atoms with Crippen molar-refractivity contribution in [3.8, 4) is 5.75 Å². The van der Waals surface area contributed by atoms with Crippen LogP contribution in [0.15, 0.2) is 36.8 Å². The number of nitrogens with zero attached hydrogens (tertiary/aromatic N) is 3. The van der Waals surface area contributed by atoms with Crippen LogP contribution in [0, 0.1) is 0 Å². The number of imidazole rings is 1. The first-order chi connectivity index (χ1) is 10.7. The van der Waals surface area contributed by atoms with Crippen LogP contribution in [-0.4, -0.2) is 34.7 Å². The fourth-order valence-electron chi connectivity index (χ4n) is 3.26. The lowest BCUT2D eigenvalue weighted by molar-refractivity contribution is 0.128. The van der Waals surface area contributed by atoms with Gasteiger partial charge in [0.15, 0.2) is 0 Å². The van der Waals surface area contributed by atoms with Crippen molar-refractivity contribution >= 4 is 0 Å². The molecule has 0 spiro atoms. The molecule has 1 fully saturated rings. The van der Waals surface area contributed by atoms with E-state index in [1.54, 1.807) is 7.11 Å². The smallest absolute Gasteiger partial charge is 0.119 e. The van der Waals surface area contributed by atoms with E-state index >= 15 is 0 Å². The number of methoxy groups -OCH3 is 1. The van der Waals surface area contributed by atoms with Crippen LogP contribution in [0.4, 0.5) is 0 Å². The predicted octanol–water partition coefficient (Wildman–Crippen LogP) is 3.29. The maximum Gasteiger partial charge on any atom is 0.119 e. The zero-order valence-corrected chi connectivity index (χ0v) is 13.7. The van der Waals surface area contributed by atoms with Crippen LogP contribution >= 0.6 is 0 Å². The Bertz CT molecular complexity index is 616. The first-order valence-electron chi connectivity index (χ1n) is 8.04. The quantitative estimate of drug-likeness (QED) is 0.820. The molecule has 1 saturated carbocycles. The standard InChI is InChI=1S/C18H25N3O/c1-4-21-13-19-11-17(21)12-20(2)16-8-15(9-16)14-6-5-7-18(10-14)22-3/h5-7,10-11,13,15-16H,4,8-9,12H2,1-3H3. The molecule has 1 heterocycles. The molecule has 1 aromatic carbocycles. The Balaban J connectivity index is 1.56. The second-order valence-corrected chi connectivity index (χ2v) is 6.18. The van der Waals surface area contributed by atoms with Crippen molar-refractivity contribution in [2.24, 2.45) is 0 Å². The van der Waals surface area contributed by atoms with Crippen LogP contribution in [-0.2, 0) is 13.1 Å². The Hall–Kier alpha value is -1.81. The Morgan fingerprint density at radius 3 is 2.91 bits per heavy atom. The van der Waals surface area contributed by atoms with Gasteiger partial charge in [-0.2, -0.15) is 0 Å². The van der Waals surface area contributed by atoms with E-state index in [9.17, 15) is 0 Å². The highest BCUT2D eigenvalue weighted by Gasteiger charge is 2.33. The molecule has 0 unspecified atom stereocenters. The predicted molar refractivity (Wildman–Crippen MR) is 88.1 cm³/mol. The van der Waals surface area contributed by atoms with Gasteiger partial charge in [0.1, 0.15) is 5.75 Å². The number of ether oxygens (including phenoxy) is 1. The summed E-state index contributed by atoms with van der Waals surface area (Å²) in [5.74, 6) is 1.62. The molecular formula is C18H25N3O. The zero-order chi connectivity index (χ0) is 15.5. The zero-order valence-electron chi connectivity index (χ0n) is 13.7. The summed E-state index contributed by atoms with van der Waals surface area (Å²) in [5.41, 5.74) is 2.71. The van der Waals surface area contributed by atoms with Crippen LogP contribution in [0.2, 0.25) is 0 Å². The Morgan fingerprint density at radius 1 is 1.36 bits per heavy atom. The molecule has 0 saturated heterocycles. The fourth-order valence-corrected chi connectivity index (χ4v) is 3.26. The summed E-state index contributed by atoms with van der Waals surface area (Å²) in [6.07, 6.45) is 6.36. The second kappa shape index (κ2) is 6.53. The van der Waals surface area contributed by atoms with E-state index in [1.165, 1.54) is 24.1 Å². The highest BCUT2D eigenvalue weighted by atomic mass is 16.5. The molecule has 0 aliphatic heterocycles. The molecule has 1 aromatic heterocycles. The van der Waals surface area contributed by atoms with E-state index in [1.807, 2.05) is 18.6 Å². The van der Waals surface area contributed by atoms with E-state index in [2.05, 4.69) is 46.6 Å². The molecule has 0 amide bonds. The minimum Gasteiger partial charge on any atom is -0.497 e. The molecule has 118 valence electrons. The molecule has 2 aromatic rings. The maximum absolute atomic E-state index is 5.32. The molecule has 0 bridgehead atoms. The number of aryl methyl sites for hydroxylation is 1. The lowest BCUT2D eigenvalue weighted by atomic mass is 9.75. The molecule has 1 aliphatic carbocycles. The lowest BCUT2D eigenvalue weighted by Gasteiger charge is -2.41. The molecule has 0 atom stereocenters. The van der Waals surface area contributed by atoms with Gasteiger partial charge < -0.3 is 9.30 Å². The van der Waals surface area contributed by atoms with Gasteiger partial charge in [-0.05, 0) is 50.4 Å². The van der Waals surface area contributed by atoms with Crippen LogP contribution < -0.4 is 4.74 Å². The molecule has 4 heteroatoms. The summed E-state index contributed by atoms with van der Waals surface area (Å²) in [5, 5.41) is 0. The summed E-state index contributed by atoms with van der Waals surface area (Å²) in [4.78, 5) is 6.71. The Kier molecular flexibility index (Phi) is 4.48. The van der Waals surface area contributed by atoms with Crippen LogP contribution in [0.5, 0.6) is 5.75 Å². The molecule has 0 N–H and O–H groups in total.